The summed E-state index contributed by atoms with van der Waals surface area (Å²) in [5.41, 5.74) is 9.89. The number of carbonyl (C=O) groups excluding carboxylic acids is 2. The highest BCUT2D eigenvalue weighted by Gasteiger charge is 2.21. The Hall–Kier alpha value is -1.59. The highest BCUT2D eigenvalue weighted by atomic mass is 35.5. The molecule has 24 heavy (non-hydrogen) atoms. The Morgan fingerprint density at radius 2 is 1.67 bits per heavy atom. The second-order valence-electron chi connectivity index (χ2n) is 6.75. The number of nitrogens with two attached hydrogens (primary N) is 1. The molecule has 6 heteroatoms. The van der Waals surface area contributed by atoms with Crippen LogP contribution in [0.4, 0.5) is 5.69 Å². The average Bonchev–Trinajstić information content (AvgIpc) is 2.41. The molecule has 0 saturated heterocycles. The standard InChI is InChI=1S/C18H29N3O2.ClH/c1-11(2)7-15(19)18(23)21(6)10-16(22)20-17-13(4)8-12(3)9-14(17)5;/h8-9,11,15H,7,10,19H2,1-6H3,(H,20,22);1H/t15-;/m0./s1. The highest BCUT2D eigenvalue weighted by Crippen LogP contribution is 2.21. The number of benzene rings is 1. The summed E-state index contributed by atoms with van der Waals surface area (Å²) in [6, 6.07) is 3.49. The first-order valence-corrected chi connectivity index (χ1v) is 8.00. The maximum atomic E-state index is 12.2. The van der Waals surface area contributed by atoms with E-state index in [1.165, 1.54) is 4.90 Å². The quantitative estimate of drug-likeness (QED) is 0.823. The zero-order chi connectivity index (χ0) is 17.7. The molecule has 0 unspecified atom stereocenters. The zero-order valence-electron chi connectivity index (χ0n) is 15.5. The van der Waals surface area contributed by atoms with Gasteiger partial charge in [-0.1, -0.05) is 31.5 Å². The van der Waals surface area contributed by atoms with Crippen LogP contribution in [0, 0.1) is 26.7 Å². The molecule has 0 aliphatic carbocycles. The van der Waals surface area contributed by atoms with Crippen molar-refractivity contribution in [2.45, 2.75) is 47.1 Å². The van der Waals surface area contributed by atoms with E-state index in [1.807, 2.05) is 46.8 Å². The van der Waals surface area contributed by atoms with Crippen LogP contribution in [-0.2, 0) is 9.59 Å². The SMILES string of the molecule is Cc1cc(C)c(NC(=O)CN(C)C(=O)[C@@H](N)CC(C)C)c(C)c1.Cl. The Kier molecular flexibility index (Phi) is 9.01. The van der Waals surface area contributed by atoms with Gasteiger partial charge in [-0.3, -0.25) is 9.59 Å². The summed E-state index contributed by atoms with van der Waals surface area (Å²) in [5.74, 6) is -0.0760. The number of amides is 2. The molecule has 1 aromatic rings. The van der Waals surface area contributed by atoms with Gasteiger partial charge in [0, 0.05) is 12.7 Å². The minimum Gasteiger partial charge on any atom is -0.335 e. The molecule has 5 nitrogen and oxygen atoms in total. The van der Waals surface area contributed by atoms with Crippen molar-refractivity contribution in [2.24, 2.45) is 11.7 Å². The van der Waals surface area contributed by atoms with Gasteiger partial charge in [0.25, 0.3) is 0 Å². The van der Waals surface area contributed by atoms with Gasteiger partial charge in [-0.15, -0.1) is 12.4 Å². The number of nitrogens with zero attached hydrogens (tertiary/aromatic N) is 1. The fourth-order valence-electron chi connectivity index (χ4n) is 2.74. The van der Waals surface area contributed by atoms with E-state index in [4.69, 9.17) is 5.73 Å². The molecule has 0 aromatic heterocycles. The maximum Gasteiger partial charge on any atom is 0.243 e. The van der Waals surface area contributed by atoms with Crippen molar-refractivity contribution in [1.82, 2.24) is 4.90 Å². The molecule has 1 atom stereocenters. The third-order valence-corrected chi connectivity index (χ3v) is 3.74. The summed E-state index contributed by atoms with van der Waals surface area (Å²) in [6.45, 7) is 9.98. The minimum atomic E-state index is -0.560. The Morgan fingerprint density at radius 3 is 2.12 bits per heavy atom. The van der Waals surface area contributed by atoms with E-state index in [0.717, 1.165) is 22.4 Å². The summed E-state index contributed by atoms with van der Waals surface area (Å²) in [4.78, 5) is 25.8. The number of hydrogen-bond acceptors (Lipinski definition) is 3. The first kappa shape index (κ1) is 22.4. The van der Waals surface area contributed by atoms with Gasteiger partial charge in [-0.05, 0) is 44.2 Å². The maximum absolute atomic E-state index is 12.2. The van der Waals surface area contributed by atoms with Crippen LogP contribution in [0.3, 0.4) is 0 Å². The monoisotopic (exact) mass is 355 g/mol. The zero-order valence-corrected chi connectivity index (χ0v) is 16.3. The van der Waals surface area contributed by atoms with Crippen LogP contribution in [0.5, 0.6) is 0 Å². The Labute approximate surface area is 151 Å². The van der Waals surface area contributed by atoms with Gasteiger partial charge < -0.3 is 16.0 Å². The van der Waals surface area contributed by atoms with Gasteiger partial charge in [0.2, 0.25) is 11.8 Å². The van der Waals surface area contributed by atoms with Gasteiger partial charge in [0.1, 0.15) is 0 Å². The predicted octanol–water partition coefficient (Wildman–Crippen LogP) is 2.80. The number of anilines is 1. The molecule has 3 N–H and O–H groups in total. The van der Waals surface area contributed by atoms with E-state index in [1.54, 1.807) is 7.05 Å². The number of aryl methyl sites for hydroxylation is 3. The topological polar surface area (TPSA) is 75.4 Å². The molecule has 0 aliphatic heterocycles. The Morgan fingerprint density at radius 1 is 1.17 bits per heavy atom. The lowest BCUT2D eigenvalue weighted by atomic mass is 10.0. The molecule has 0 saturated carbocycles. The van der Waals surface area contributed by atoms with Crippen LogP contribution in [0.1, 0.15) is 37.0 Å². The smallest absolute Gasteiger partial charge is 0.243 e. The molecule has 0 bridgehead atoms. The van der Waals surface area contributed by atoms with Crippen molar-refractivity contribution in [2.75, 3.05) is 18.9 Å². The number of nitrogens with one attached hydrogen (secondary N) is 1. The summed E-state index contributed by atoms with van der Waals surface area (Å²) in [6.07, 6.45) is 0.612. The van der Waals surface area contributed by atoms with Crippen molar-refractivity contribution in [3.05, 3.63) is 28.8 Å². The number of hydrogen-bond donors (Lipinski definition) is 2. The molecule has 1 rings (SSSR count). The fourth-order valence-corrected chi connectivity index (χ4v) is 2.74. The van der Waals surface area contributed by atoms with Crippen molar-refractivity contribution < 1.29 is 9.59 Å². The van der Waals surface area contributed by atoms with E-state index >= 15 is 0 Å². The third kappa shape index (κ3) is 6.49. The third-order valence-electron chi connectivity index (χ3n) is 3.74. The lowest BCUT2D eigenvalue weighted by Crippen LogP contribution is -2.45. The average molecular weight is 356 g/mol. The van der Waals surface area contributed by atoms with Crippen molar-refractivity contribution in [3.8, 4) is 0 Å². The number of likely N-dealkylation sites (N-methyl/N-ethyl adjacent to an activating group) is 1. The van der Waals surface area contributed by atoms with Gasteiger partial charge in [0.15, 0.2) is 0 Å². The van der Waals surface area contributed by atoms with E-state index in [9.17, 15) is 9.59 Å². The largest absolute Gasteiger partial charge is 0.335 e. The summed E-state index contributed by atoms with van der Waals surface area (Å²) < 4.78 is 0. The second kappa shape index (κ2) is 9.64. The van der Waals surface area contributed by atoms with Gasteiger partial charge in [-0.25, -0.2) is 0 Å². The highest BCUT2D eigenvalue weighted by molar-refractivity contribution is 5.96. The molecule has 0 heterocycles. The van der Waals surface area contributed by atoms with E-state index < -0.39 is 6.04 Å². The van der Waals surface area contributed by atoms with Crippen LogP contribution < -0.4 is 11.1 Å². The molecule has 2 amide bonds. The van der Waals surface area contributed by atoms with E-state index in [2.05, 4.69) is 5.32 Å². The lowest BCUT2D eigenvalue weighted by Gasteiger charge is -2.22. The Bertz CT molecular complexity index is 565. The summed E-state index contributed by atoms with van der Waals surface area (Å²) >= 11 is 0. The lowest BCUT2D eigenvalue weighted by molar-refractivity contribution is -0.134. The molecule has 1 aromatic carbocycles. The van der Waals surface area contributed by atoms with E-state index in [-0.39, 0.29) is 30.8 Å². The van der Waals surface area contributed by atoms with Crippen LogP contribution in [-0.4, -0.2) is 36.3 Å². The van der Waals surface area contributed by atoms with Crippen molar-refractivity contribution in [3.63, 3.8) is 0 Å². The number of rotatable bonds is 6. The van der Waals surface area contributed by atoms with Crippen molar-refractivity contribution in [1.29, 1.82) is 0 Å². The molecule has 0 fully saturated rings. The Balaban J connectivity index is 0.00000529. The first-order chi connectivity index (χ1) is 10.6. The van der Waals surface area contributed by atoms with Gasteiger partial charge in [0.05, 0.1) is 12.6 Å². The normalized spacial score (nSPS) is 11.7. The molecular formula is C18H30ClN3O2. The number of carbonyl (C=O) groups is 2. The van der Waals surface area contributed by atoms with Crippen LogP contribution in [0.25, 0.3) is 0 Å². The van der Waals surface area contributed by atoms with Crippen LogP contribution >= 0.6 is 12.4 Å². The second-order valence-corrected chi connectivity index (χ2v) is 6.75. The minimum absolute atomic E-state index is 0. The molecule has 0 radical (unpaired) electrons. The number of halogens is 1. The van der Waals surface area contributed by atoms with Gasteiger partial charge in [-0.2, -0.15) is 0 Å². The summed E-state index contributed by atoms with van der Waals surface area (Å²) in [7, 11) is 1.61. The molecule has 0 aliphatic rings. The fraction of sp³-hybridized carbons (Fsp3) is 0.556. The van der Waals surface area contributed by atoms with E-state index in [0.29, 0.717) is 12.3 Å². The summed E-state index contributed by atoms with van der Waals surface area (Å²) in [5, 5.41) is 2.90. The van der Waals surface area contributed by atoms with Crippen LogP contribution in [0.2, 0.25) is 0 Å². The molecular weight excluding hydrogens is 326 g/mol. The van der Waals surface area contributed by atoms with Crippen molar-refractivity contribution >= 4 is 29.9 Å². The van der Waals surface area contributed by atoms with Gasteiger partial charge >= 0.3 is 0 Å². The van der Waals surface area contributed by atoms with Crippen LogP contribution in [0.15, 0.2) is 12.1 Å². The predicted molar refractivity (Wildman–Crippen MR) is 102 cm³/mol. The molecule has 136 valence electrons. The first-order valence-electron chi connectivity index (χ1n) is 8.00. The molecule has 0 spiro atoms.